The summed E-state index contributed by atoms with van der Waals surface area (Å²) < 4.78 is 12.2. The standard InChI is InChI=1S/C20H18BrNO3/c1-12-16-11-14(21)5-8-18(16)25-19(12)20(23)22-9-3-4-13-10-15(24-2)6-7-17(13)22/h5-8,10-11H,3-4,9H2,1-2H3. The molecule has 0 saturated heterocycles. The van der Waals surface area contributed by atoms with Crippen LogP contribution < -0.4 is 9.64 Å². The maximum absolute atomic E-state index is 13.2. The van der Waals surface area contributed by atoms with Crippen LogP contribution in [-0.2, 0) is 6.42 Å². The molecule has 0 saturated carbocycles. The van der Waals surface area contributed by atoms with Gasteiger partial charge in [0.05, 0.1) is 7.11 Å². The van der Waals surface area contributed by atoms with Crippen molar-refractivity contribution in [2.45, 2.75) is 19.8 Å². The van der Waals surface area contributed by atoms with Crippen molar-refractivity contribution in [2.24, 2.45) is 0 Å². The van der Waals surface area contributed by atoms with Crippen molar-refractivity contribution >= 4 is 38.5 Å². The monoisotopic (exact) mass is 399 g/mol. The van der Waals surface area contributed by atoms with Gasteiger partial charge in [0, 0.05) is 27.7 Å². The van der Waals surface area contributed by atoms with Gasteiger partial charge in [-0.3, -0.25) is 4.79 Å². The molecule has 3 aromatic rings. The molecule has 2 aromatic carbocycles. The van der Waals surface area contributed by atoms with Gasteiger partial charge in [0.1, 0.15) is 11.3 Å². The number of aryl methyl sites for hydroxylation is 2. The molecule has 0 aliphatic carbocycles. The number of fused-ring (bicyclic) bond motifs is 2. The minimum Gasteiger partial charge on any atom is -0.497 e. The average Bonchev–Trinajstić information content (AvgIpc) is 2.96. The third-order valence-electron chi connectivity index (χ3n) is 4.74. The van der Waals surface area contributed by atoms with Crippen molar-refractivity contribution in [3.05, 3.63) is 57.8 Å². The lowest BCUT2D eigenvalue weighted by atomic mass is 10.0. The van der Waals surface area contributed by atoms with Crippen LogP contribution in [0.2, 0.25) is 0 Å². The number of rotatable bonds is 2. The molecule has 0 bridgehead atoms. The van der Waals surface area contributed by atoms with Crippen LogP contribution in [0.25, 0.3) is 11.0 Å². The number of nitrogens with zero attached hydrogens (tertiary/aromatic N) is 1. The second kappa shape index (κ2) is 6.23. The zero-order valence-corrected chi connectivity index (χ0v) is 15.7. The fraction of sp³-hybridized carbons (Fsp3) is 0.250. The predicted octanol–water partition coefficient (Wildman–Crippen LogP) is 5.11. The van der Waals surface area contributed by atoms with Crippen LogP contribution in [0.1, 0.15) is 28.1 Å². The molecule has 5 heteroatoms. The number of ether oxygens (including phenoxy) is 1. The van der Waals surface area contributed by atoms with E-state index in [4.69, 9.17) is 9.15 Å². The van der Waals surface area contributed by atoms with E-state index in [2.05, 4.69) is 15.9 Å². The fourth-order valence-corrected chi connectivity index (χ4v) is 3.79. The van der Waals surface area contributed by atoms with Gasteiger partial charge in [0.2, 0.25) is 0 Å². The Morgan fingerprint density at radius 1 is 1.24 bits per heavy atom. The number of hydrogen-bond acceptors (Lipinski definition) is 3. The van der Waals surface area contributed by atoms with Crippen molar-refractivity contribution in [1.29, 1.82) is 0 Å². The third kappa shape index (κ3) is 2.72. The molecule has 0 atom stereocenters. The van der Waals surface area contributed by atoms with E-state index in [1.807, 2.05) is 48.2 Å². The highest BCUT2D eigenvalue weighted by Crippen LogP contribution is 2.34. The molecule has 0 unspecified atom stereocenters. The Morgan fingerprint density at radius 3 is 2.88 bits per heavy atom. The number of benzene rings is 2. The van der Waals surface area contributed by atoms with Gasteiger partial charge in [-0.25, -0.2) is 0 Å². The van der Waals surface area contributed by atoms with Gasteiger partial charge in [0.15, 0.2) is 5.76 Å². The lowest BCUT2D eigenvalue weighted by Gasteiger charge is -2.29. The zero-order chi connectivity index (χ0) is 17.6. The molecule has 0 radical (unpaired) electrons. The first kappa shape index (κ1) is 16.2. The minimum atomic E-state index is -0.0871. The van der Waals surface area contributed by atoms with Gasteiger partial charge < -0.3 is 14.1 Å². The third-order valence-corrected chi connectivity index (χ3v) is 5.24. The fourth-order valence-electron chi connectivity index (χ4n) is 3.43. The number of methoxy groups -OCH3 is 1. The van der Waals surface area contributed by atoms with Crippen molar-refractivity contribution in [1.82, 2.24) is 0 Å². The summed E-state index contributed by atoms with van der Waals surface area (Å²) in [4.78, 5) is 15.0. The molecule has 0 spiro atoms. The SMILES string of the molecule is COc1ccc2c(c1)CCCN2C(=O)c1oc2ccc(Br)cc2c1C. The molecule has 4 rings (SSSR count). The van der Waals surface area contributed by atoms with Crippen LogP contribution in [0.4, 0.5) is 5.69 Å². The Kier molecular flexibility index (Phi) is 4.04. The first-order valence-corrected chi connectivity index (χ1v) is 9.05. The summed E-state index contributed by atoms with van der Waals surface area (Å²) >= 11 is 3.48. The van der Waals surface area contributed by atoms with Crippen LogP contribution in [0.3, 0.4) is 0 Å². The molecule has 25 heavy (non-hydrogen) atoms. The maximum atomic E-state index is 13.2. The molecular formula is C20H18BrNO3. The number of carbonyl (C=O) groups excluding carboxylic acids is 1. The van der Waals surface area contributed by atoms with E-state index in [9.17, 15) is 4.79 Å². The quantitative estimate of drug-likeness (QED) is 0.601. The van der Waals surface area contributed by atoms with Crippen LogP contribution in [0.15, 0.2) is 45.3 Å². The minimum absolute atomic E-state index is 0.0871. The number of halogens is 1. The molecule has 128 valence electrons. The zero-order valence-electron chi connectivity index (χ0n) is 14.1. The first-order chi connectivity index (χ1) is 12.1. The van der Waals surface area contributed by atoms with Gasteiger partial charge in [0.25, 0.3) is 5.91 Å². The Labute approximate surface area is 154 Å². The number of anilines is 1. The van der Waals surface area contributed by atoms with Crippen LogP contribution in [0, 0.1) is 6.92 Å². The average molecular weight is 400 g/mol. The van der Waals surface area contributed by atoms with Crippen LogP contribution >= 0.6 is 15.9 Å². The number of amides is 1. The predicted molar refractivity (Wildman–Crippen MR) is 102 cm³/mol. The largest absolute Gasteiger partial charge is 0.497 e. The Morgan fingerprint density at radius 2 is 2.08 bits per heavy atom. The van der Waals surface area contributed by atoms with Gasteiger partial charge in [-0.2, -0.15) is 0 Å². The van der Waals surface area contributed by atoms with Gasteiger partial charge in [-0.05, 0) is 61.7 Å². The van der Waals surface area contributed by atoms with Crippen LogP contribution in [-0.4, -0.2) is 19.6 Å². The number of furan rings is 1. The smallest absolute Gasteiger partial charge is 0.294 e. The number of carbonyl (C=O) groups is 1. The molecule has 2 heterocycles. The van der Waals surface area contributed by atoms with Crippen molar-refractivity contribution < 1.29 is 13.9 Å². The summed E-state index contributed by atoms with van der Waals surface area (Å²) in [7, 11) is 1.66. The van der Waals surface area contributed by atoms with Gasteiger partial charge in [-0.1, -0.05) is 15.9 Å². The lowest BCUT2D eigenvalue weighted by Crippen LogP contribution is -2.35. The summed E-state index contributed by atoms with van der Waals surface area (Å²) in [5.41, 5.74) is 3.69. The Bertz CT molecular complexity index is 976. The van der Waals surface area contributed by atoms with Gasteiger partial charge in [-0.15, -0.1) is 0 Å². The topological polar surface area (TPSA) is 42.7 Å². The van der Waals surface area contributed by atoms with E-state index in [1.54, 1.807) is 7.11 Å². The van der Waals surface area contributed by atoms with E-state index in [1.165, 1.54) is 0 Å². The summed E-state index contributed by atoms with van der Waals surface area (Å²) in [5.74, 6) is 1.14. The van der Waals surface area contributed by atoms with Crippen LogP contribution in [0.5, 0.6) is 5.75 Å². The molecule has 1 aliphatic rings. The second-order valence-electron chi connectivity index (χ2n) is 6.25. The first-order valence-electron chi connectivity index (χ1n) is 8.26. The normalized spacial score (nSPS) is 13.8. The summed E-state index contributed by atoms with van der Waals surface area (Å²) in [6.07, 6.45) is 1.87. The van der Waals surface area contributed by atoms with E-state index >= 15 is 0 Å². The van der Waals surface area contributed by atoms with Crippen molar-refractivity contribution in [3.8, 4) is 5.75 Å². The lowest BCUT2D eigenvalue weighted by molar-refractivity contribution is 0.0959. The van der Waals surface area contributed by atoms with E-state index in [-0.39, 0.29) is 5.91 Å². The second-order valence-corrected chi connectivity index (χ2v) is 7.17. The Balaban J connectivity index is 1.77. The molecule has 1 amide bonds. The highest BCUT2D eigenvalue weighted by atomic mass is 79.9. The van der Waals surface area contributed by atoms with Crippen molar-refractivity contribution in [2.75, 3.05) is 18.6 Å². The molecule has 1 aliphatic heterocycles. The molecule has 1 aromatic heterocycles. The molecule has 4 nitrogen and oxygen atoms in total. The highest BCUT2D eigenvalue weighted by molar-refractivity contribution is 9.10. The van der Waals surface area contributed by atoms with E-state index in [0.717, 1.165) is 50.8 Å². The van der Waals surface area contributed by atoms with E-state index < -0.39 is 0 Å². The number of hydrogen-bond donors (Lipinski definition) is 0. The molecule has 0 fully saturated rings. The molecular weight excluding hydrogens is 382 g/mol. The van der Waals surface area contributed by atoms with E-state index in [0.29, 0.717) is 12.3 Å². The summed E-state index contributed by atoms with van der Waals surface area (Å²) in [6.45, 7) is 2.63. The highest BCUT2D eigenvalue weighted by Gasteiger charge is 2.28. The summed E-state index contributed by atoms with van der Waals surface area (Å²) in [5, 5.41) is 0.963. The Hall–Kier alpha value is -2.27. The van der Waals surface area contributed by atoms with Gasteiger partial charge >= 0.3 is 0 Å². The molecule has 0 N–H and O–H groups in total. The summed E-state index contributed by atoms with van der Waals surface area (Å²) in [6, 6.07) is 11.7. The maximum Gasteiger partial charge on any atom is 0.294 e. The van der Waals surface area contributed by atoms with Crippen molar-refractivity contribution in [3.63, 3.8) is 0 Å².